The molecule has 0 bridgehead atoms. The average Bonchev–Trinajstić information content (AvgIpc) is 3.59. The Labute approximate surface area is 290 Å². The first-order valence-corrected chi connectivity index (χ1v) is 16.7. The molecule has 0 atom stereocenters. The number of pyridine rings is 4. The Morgan fingerprint density at radius 1 is 0.420 bits per heavy atom. The molecule has 0 unspecified atom stereocenters. The Bertz CT molecular complexity index is 2570. The zero-order valence-electron chi connectivity index (χ0n) is 27.4. The molecule has 5 heteroatoms. The molecule has 9 aromatic rings. The molecule has 0 amide bonds. The summed E-state index contributed by atoms with van der Waals surface area (Å²) in [5, 5.41) is 2.16. The number of aromatic nitrogens is 5. The molecule has 0 fully saturated rings. The second-order valence-electron chi connectivity index (χ2n) is 12.4. The highest BCUT2D eigenvalue weighted by Crippen LogP contribution is 2.39. The molecule has 5 nitrogen and oxygen atoms in total. The van der Waals surface area contributed by atoms with Crippen molar-refractivity contribution in [2.75, 3.05) is 0 Å². The number of benzene rings is 4. The summed E-state index contributed by atoms with van der Waals surface area (Å²) in [5.74, 6) is 0. The van der Waals surface area contributed by atoms with Crippen molar-refractivity contribution < 1.29 is 0 Å². The summed E-state index contributed by atoms with van der Waals surface area (Å²) >= 11 is 0. The van der Waals surface area contributed by atoms with Crippen LogP contribution in [0.15, 0.2) is 171 Å². The van der Waals surface area contributed by atoms with E-state index in [-0.39, 0.29) is 0 Å². The van der Waals surface area contributed by atoms with Crippen LogP contribution >= 0.6 is 0 Å². The van der Waals surface area contributed by atoms with Crippen molar-refractivity contribution in [2.45, 2.75) is 0 Å². The van der Waals surface area contributed by atoms with Crippen molar-refractivity contribution in [1.82, 2.24) is 24.5 Å². The first-order chi connectivity index (χ1) is 24.7. The fourth-order valence-corrected chi connectivity index (χ4v) is 6.99. The minimum absolute atomic E-state index is 0.886. The van der Waals surface area contributed by atoms with Crippen LogP contribution in [0.3, 0.4) is 0 Å². The van der Waals surface area contributed by atoms with E-state index in [1.807, 2.05) is 36.8 Å². The summed E-state index contributed by atoms with van der Waals surface area (Å²) < 4.78 is 2.24. The standard InChI is InChI=1S/C45H31N5/c1-50-42(36-25-34(32-14-8-21-46-28-32)24-35(26-36)33-15-9-22-47-29-33)18-19-43(50)41-27-40(31-12-6-3-7-13-31)39-17-16-38-37(30-10-4-2-5-11-30)20-23-48-44(38)45(39)49-41/h2-29H,1H3. The van der Waals surface area contributed by atoms with Gasteiger partial charge in [0.25, 0.3) is 0 Å². The lowest BCUT2D eigenvalue weighted by Gasteiger charge is -2.15. The summed E-state index contributed by atoms with van der Waals surface area (Å²) in [5.41, 5.74) is 14.8. The van der Waals surface area contributed by atoms with Crippen molar-refractivity contribution in [1.29, 1.82) is 0 Å². The Balaban J connectivity index is 1.25. The minimum Gasteiger partial charge on any atom is -0.342 e. The van der Waals surface area contributed by atoms with Gasteiger partial charge in [-0.05, 0) is 93.5 Å². The van der Waals surface area contributed by atoms with Crippen molar-refractivity contribution >= 4 is 21.8 Å². The number of nitrogens with zero attached hydrogens (tertiary/aromatic N) is 5. The van der Waals surface area contributed by atoms with Gasteiger partial charge in [-0.15, -0.1) is 0 Å². The molecule has 0 saturated carbocycles. The molecular formula is C45H31N5. The third-order valence-electron chi connectivity index (χ3n) is 9.46. The van der Waals surface area contributed by atoms with Crippen molar-refractivity contribution in [3.8, 4) is 67.2 Å². The van der Waals surface area contributed by atoms with E-state index in [1.165, 1.54) is 0 Å². The quantitative estimate of drug-likeness (QED) is 0.170. The number of rotatable bonds is 6. The maximum atomic E-state index is 5.39. The molecular weight excluding hydrogens is 611 g/mol. The van der Waals surface area contributed by atoms with Crippen molar-refractivity contribution in [2.24, 2.45) is 7.05 Å². The van der Waals surface area contributed by atoms with E-state index in [1.54, 1.807) is 12.4 Å². The second kappa shape index (κ2) is 12.4. The predicted octanol–water partition coefficient (Wildman–Crippen LogP) is 10.9. The fraction of sp³-hybridized carbons (Fsp3) is 0.0222. The summed E-state index contributed by atoms with van der Waals surface area (Å²) in [6, 6.07) is 48.9. The molecule has 5 aromatic heterocycles. The Kier molecular flexibility index (Phi) is 7.29. The van der Waals surface area contributed by atoms with E-state index >= 15 is 0 Å². The number of hydrogen-bond donors (Lipinski definition) is 0. The SMILES string of the molecule is Cn1c(-c2cc(-c3cccnc3)cc(-c3cccnc3)c2)ccc1-c1cc(-c2ccccc2)c2ccc3c(-c4ccccc4)ccnc3c2n1. The highest BCUT2D eigenvalue weighted by atomic mass is 15.0. The fourth-order valence-electron chi connectivity index (χ4n) is 6.99. The molecule has 236 valence electrons. The zero-order chi connectivity index (χ0) is 33.4. The van der Waals surface area contributed by atoms with E-state index in [0.29, 0.717) is 0 Å². The smallest absolute Gasteiger partial charge is 0.0979 e. The second-order valence-corrected chi connectivity index (χ2v) is 12.4. The van der Waals surface area contributed by atoms with E-state index in [9.17, 15) is 0 Å². The van der Waals surface area contributed by atoms with Crippen LogP contribution in [0.4, 0.5) is 0 Å². The van der Waals surface area contributed by atoms with Crippen LogP contribution in [0, 0.1) is 0 Å². The van der Waals surface area contributed by atoms with Gasteiger partial charge in [-0.2, -0.15) is 0 Å². The van der Waals surface area contributed by atoms with Gasteiger partial charge in [0, 0.05) is 65.6 Å². The lowest BCUT2D eigenvalue weighted by atomic mass is 9.95. The third-order valence-corrected chi connectivity index (χ3v) is 9.46. The Morgan fingerprint density at radius 2 is 0.980 bits per heavy atom. The number of hydrogen-bond acceptors (Lipinski definition) is 4. The van der Waals surface area contributed by atoms with Gasteiger partial charge in [-0.25, -0.2) is 4.98 Å². The van der Waals surface area contributed by atoms with Gasteiger partial charge in [0.1, 0.15) is 0 Å². The van der Waals surface area contributed by atoms with Crippen LogP contribution in [0.1, 0.15) is 0 Å². The van der Waals surface area contributed by atoms with Gasteiger partial charge in [0.2, 0.25) is 0 Å². The van der Waals surface area contributed by atoms with Gasteiger partial charge in [-0.3, -0.25) is 15.0 Å². The van der Waals surface area contributed by atoms with Crippen LogP contribution in [0.2, 0.25) is 0 Å². The lowest BCUT2D eigenvalue weighted by molar-refractivity contribution is 0.941. The van der Waals surface area contributed by atoms with E-state index in [0.717, 1.165) is 89.0 Å². The molecule has 0 aliphatic carbocycles. The van der Waals surface area contributed by atoms with Crippen molar-refractivity contribution in [3.63, 3.8) is 0 Å². The molecule has 5 heterocycles. The predicted molar refractivity (Wildman–Crippen MR) is 204 cm³/mol. The normalized spacial score (nSPS) is 11.3. The molecule has 0 N–H and O–H groups in total. The summed E-state index contributed by atoms with van der Waals surface area (Å²) in [6.45, 7) is 0. The van der Waals surface area contributed by atoms with Gasteiger partial charge < -0.3 is 4.57 Å². The van der Waals surface area contributed by atoms with Gasteiger partial charge in [-0.1, -0.05) is 84.9 Å². The van der Waals surface area contributed by atoms with Gasteiger partial charge in [0.15, 0.2) is 0 Å². The van der Waals surface area contributed by atoms with Crippen LogP contribution in [-0.2, 0) is 7.05 Å². The molecule has 0 radical (unpaired) electrons. The van der Waals surface area contributed by atoms with Gasteiger partial charge >= 0.3 is 0 Å². The molecule has 9 rings (SSSR count). The maximum absolute atomic E-state index is 5.39. The van der Waals surface area contributed by atoms with Crippen LogP contribution in [0.25, 0.3) is 89.0 Å². The topological polar surface area (TPSA) is 56.5 Å². The summed E-state index contributed by atoms with van der Waals surface area (Å²) in [4.78, 5) is 19.1. The van der Waals surface area contributed by atoms with Crippen LogP contribution < -0.4 is 0 Å². The molecule has 0 spiro atoms. The monoisotopic (exact) mass is 641 g/mol. The zero-order valence-corrected chi connectivity index (χ0v) is 27.4. The first kappa shape index (κ1) is 29.4. The minimum atomic E-state index is 0.886. The van der Waals surface area contributed by atoms with E-state index in [2.05, 4.69) is 143 Å². The van der Waals surface area contributed by atoms with Crippen LogP contribution in [-0.4, -0.2) is 24.5 Å². The molecule has 4 aromatic carbocycles. The molecule has 0 aliphatic heterocycles. The first-order valence-electron chi connectivity index (χ1n) is 16.7. The average molecular weight is 642 g/mol. The van der Waals surface area contributed by atoms with E-state index in [4.69, 9.17) is 9.97 Å². The number of fused-ring (bicyclic) bond motifs is 3. The summed E-state index contributed by atoms with van der Waals surface area (Å²) in [6.07, 6.45) is 9.33. The molecule has 0 aliphatic rings. The largest absolute Gasteiger partial charge is 0.342 e. The Hall–Kier alpha value is -6.72. The van der Waals surface area contributed by atoms with Crippen molar-refractivity contribution in [3.05, 3.63) is 171 Å². The molecule has 50 heavy (non-hydrogen) atoms. The molecule has 0 saturated heterocycles. The van der Waals surface area contributed by atoms with Crippen LogP contribution in [0.5, 0.6) is 0 Å². The highest BCUT2D eigenvalue weighted by molar-refractivity contribution is 6.12. The van der Waals surface area contributed by atoms with E-state index < -0.39 is 0 Å². The third kappa shape index (κ3) is 5.22. The maximum Gasteiger partial charge on any atom is 0.0979 e. The van der Waals surface area contributed by atoms with Gasteiger partial charge in [0.05, 0.1) is 22.4 Å². The Morgan fingerprint density at radius 3 is 1.60 bits per heavy atom. The summed E-state index contributed by atoms with van der Waals surface area (Å²) in [7, 11) is 2.12. The lowest BCUT2D eigenvalue weighted by Crippen LogP contribution is -1.99. The highest BCUT2D eigenvalue weighted by Gasteiger charge is 2.18.